The highest BCUT2D eigenvalue weighted by atomic mass is 16.5. The third-order valence-corrected chi connectivity index (χ3v) is 14.4. The van der Waals surface area contributed by atoms with Gasteiger partial charge in [-0.05, 0) is 57.8 Å². The van der Waals surface area contributed by atoms with Crippen molar-refractivity contribution < 1.29 is 24.5 Å². The molecule has 0 fully saturated rings. The van der Waals surface area contributed by atoms with Crippen LogP contribution in [0, 0.1) is 0 Å². The second kappa shape index (κ2) is 59.6. The van der Waals surface area contributed by atoms with Crippen molar-refractivity contribution in [3.8, 4) is 0 Å². The van der Waals surface area contributed by atoms with E-state index >= 15 is 0 Å². The summed E-state index contributed by atoms with van der Waals surface area (Å²) in [6.07, 6.45) is 74.9. The first-order valence-electron chi connectivity index (χ1n) is 31.3. The maximum absolute atomic E-state index is 12.4. The summed E-state index contributed by atoms with van der Waals surface area (Å²) in [5.41, 5.74) is 0. The van der Waals surface area contributed by atoms with Crippen molar-refractivity contribution in [2.45, 2.75) is 347 Å². The molecule has 0 aliphatic heterocycles. The number of allylic oxidation sites excluding steroid dienone is 5. The van der Waals surface area contributed by atoms with Gasteiger partial charge in [0.25, 0.3) is 0 Å². The number of rotatable bonds is 58. The van der Waals surface area contributed by atoms with E-state index in [-0.39, 0.29) is 18.5 Å². The molecule has 2 unspecified atom stereocenters. The first-order valence-corrected chi connectivity index (χ1v) is 31.3. The lowest BCUT2D eigenvalue weighted by molar-refractivity contribution is -0.143. The van der Waals surface area contributed by atoms with E-state index < -0.39 is 12.1 Å². The summed E-state index contributed by atoms with van der Waals surface area (Å²) in [7, 11) is 0. The Labute approximate surface area is 436 Å². The number of carbonyl (C=O) groups is 2. The van der Waals surface area contributed by atoms with Gasteiger partial charge in [0.15, 0.2) is 0 Å². The maximum Gasteiger partial charge on any atom is 0.305 e. The van der Waals surface area contributed by atoms with Crippen LogP contribution in [-0.2, 0) is 14.3 Å². The average molecular weight is 985 g/mol. The quantitative estimate of drug-likeness (QED) is 0.0321. The number of amides is 1. The van der Waals surface area contributed by atoms with E-state index in [0.717, 1.165) is 51.4 Å². The minimum Gasteiger partial charge on any atom is -0.466 e. The predicted molar refractivity (Wildman–Crippen MR) is 306 cm³/mol. The Hall–Kier alpha value is -1.92. The summed E-state index contributed by atoms with van der Waals surface area (Å²) in [5, 5.41) is 23.0. The van der Waals surface area contributed by atoms with E-state index in [1.807, 2.05) is 6.08 Å². The fourth-order valence-corrected chi connectivity index (χ4v) is 9.61. The van der Waals surface area contributed by atoms with Crippen LogP contribution in [0.1, 0.15) is 335 Å². The predicted octanol–water partition coefficient (Wildman–Crippen LogP) is 19.6. The van der Waals surface area contributed by atoms with Crippen LogP contribution < -0.4 is 5.32 Å². The zero-order valence-corrected chi connectivity index (χ0v) is 47.0. The Morgan fingerprint density at radius 3 is 1.14 bits per heavy atom. The maximum atomic E-state index is 12.4. The Morgan fingerprint density at radius 2 is 0.743 bits per heavy atom. The van der Waals surface area contributed by atoms with Crippen LogP contribution >= 0.6 is 0 Å². The zero-order valence-electron chi connectivity index (χ0n) is 47.0. The number of aliphatic hydroxyl groups excluding tert-OH is 2. The molecule has 412 valence electrons. The Morgan fingerprint density at radius 1 is 0.400 bits per heavy atom. The van der Waals surface area contributed by atoms with E-state index in [2.05, 4.69) is 43.5 Å². The molecule has 3 N–H and O–H groups in total. The topological polar surface area (TPSA) is 95.9 Å². The van der Waals surface area contributed by atoms with Crippen molar-refractivity contribution in [1.29, 1.82) is 0 Å². The van der Waals surface area contributed by atoms with Crippen LogP contribution in [-0.4, -0.2) is 47.4 Å². The van der Waals surface area contributed by atoms with Crippen LogP contribution in [0.25, 0.3) is 0 Å². The molecular weight excluding hydrogens is 863 g/mol. The summed E-state index contributed by atoms with van der Waals surface area (Å²) in [6, 6.07) is -0.623. The highest BCUT2D eigenvalue weighted by Crippen LogP contribution is 2.18. The highest BCUT2D eigenvalue weighted by molar-refractivity contribution is 5.76. The smallest absolute Gasteiger partial charge is 0.305 e. The van der Waals surface area contributed by atoms with Gasteiger partial charge in [-0.3, -0.25) is 9.59 Å². The van der Waals surface area contributed by atoms with E-state index in [1.165, 1.54) is 257 Å². The third kappa shape index (κ3) is 55.4. The fourth-order valence-electron chi connectivity index (χ4n) is 9.61. The Bertz CT molecular complexity index is 1130. The van der Waals surface area contributed by atoms with Gasteiger partial charge in [0.05, 0.1) is 25.4 Å². The number of ether oxygens (including phenoxy) is 1. The second-order valence-corrected chi connectivity index (χ2v) is 21.4. The van der Waals surface area contributed by atoms with E-state index in [4.69, 9.17) is 4.74 Å². The first-order chi connectivity index (χ1) is 34.5. The van der Waals surface area contributed by atoms with Crippen molar-refractivity contribution >= 4 is 11.9 Å². The first kappa shape index (κ1) is 68.1. The van der Waals surface area contributed by atoms with Crippen molar-refractivity contribution in [1.82, 2.24) is 5.32 Å². The Balaban J connectivity index is 3.33. The van der Waals surface area contributed by atoms with Gasteiger partial charge in [0.1, 0.15) is 0 Å². The summed E-state index contributed by atoms with van der Waals surface area (Å²) < 4.78 is 5.47. The fraction of sp³-hybridized carbons (Fsp3) is 0.875. The molecule has 0 aliphatic rings. The molecule has 0 saturated heterocycles. The second-order valence-electron chi connectivity index (χ2n) is 21.4. The normalized spacial score (nSPS) is 12.8. The van der Waals surface area contributed by atoms with Crippen LogP contribution in [0.2, 0.25) is 0 Å². The molecule has 0 aliphatic carbocycles. The number of esters is 1. The van der Waals surface area contributed by atoms with Crippen LogP contribution in [0.15, 0.2) is 36.5 Å². The molecule has 2 atom stereocenters. The number of hydrogen-bond acceptors (Lipinski definition) is 5. The summed E-state index contributed by atoms with van der Waals surface area (Å²) in [4.78, 5) is 24.4. The van der Waals surface area contributed by atoms with Gasteiger partial charge in [-0.2, -0.15) is 0 Å². The van der Waals surface area contributed by atoms with Gasteiger partial charge in [-0.25, -0.2) is 0 Å². The molecule has 0 bridgehead atoms. The van der Waals surface area contributed by atoms with Gasteiger partial charge in [0, 0.05) is 12.8 Å². The molecule has 0 saturated carbocycles. The lowest BCUT2D eigenvalue weighted by Gasteiger charge is -2.20. The van der Waals surface area contributed by atoms with Gasteiger partial charge < -0.3 is 20.3 Å². The van der Waals surface area contributed by atoms with Gasteiger partial charge in [-0.15, -0.1) is 0 Å². The van der Waals surface area contributed by atoms with Crippen molar-refractivity contribution in [3.63, 3.8) is 0 Å². The van der Waals surface area contributed by atoms with E-state index in [0.29, 0.717) is 19.4 Å². The van der Waals surface area contributed by atoms with E-state index in [1.54, 1.807) is 6.08 Å². The number of hydrogen-bond donors (Lipinski definition) is 3. The van der Waals surface area contributed by atoms with Crippen LogP contribution in [0.4, 0.5) is 0 Å². The molecule has 1 amide bonds. The minimum atomic E-state index is -0.840. The summed E-state index contributed by atoms with van der Waals surface area (Å²) in [6.45, 7) is 4.83. The van der Waals surface area contributed by atoms with Crippen LogP contribution in [0.5, 0.6) is 0 Å². The zero-order chi connectivity index (χ0) is 50.7. The number of nitrogens with one attached hydrogen (secondary N) is 1. The molecule has 0 aromatic carbocycles. The molecular formula is C64H121NO5. The number of aliphatic hydroxyl groups is 2. The Kier molecular flexibility index (Phi) is 58.0. The van der Waals surface area contributed by atoms with Gasteiger partial charge >= 0.3 is 5.97 Å². The largest absolute Gasteiger partial charge is 0.466 e. The highest BCUT2D eigenvalue weighted by Gasteiger charge is 2.18. The molecule has 0 aromatic heterocycles. The standard InChI is InChI=1S/C64H121NO5/c1-3-5-7-9-11-13-15-33-38-42-46-50-54-58-64(69)70-59-55-51-47-43-39-35-32-30-28-26-24-22-20-18-16-17-19-21-23-25-27-29-31-34-37-41-45-49-53-57-63(68)65-61(60-66)62(67)56-52-48-44-40-36-14-12-10-8-6-4-2/h7,9,13,15,52,56,61-62,66-67H,3-6,8,10-12,14,16-51,53-55,57-60H2,1-2H3,(H,65,68)/b9-7-,15-13-,56-52+. The SMILES string of the molecule is CCC/C=C\C/C=C\CCCCCCCC(=O)OCCCCCCCCCCCCCCCCCCCCCCCCCCCCCCCC(=O)NC(CO)C(O)/C=C/CCCCCCCCCCC. The molecule has 0 rings (SSSR count). The average Bonchev–Trinajstić information content (AvgIpc) is 3.36. The lowest BCUT2D eigenvalue weighted by atomic mass is 10.0. The molecule has 0 aromatic rings. The summed E-state index contributed by atoms with van der Waals surface area (Å²) >= 11 is 0. The van der Waals surface area contributed by atoms with E-state index in [9.17, 15) is 19.8 Å². The van der Waals surface area contributed by atoms with Gasteiger partial charge in [-0.1, -0.05) is 301 Å². The molecule has 6 heteroatoms. The third-order valence-electron chi connectivity index (χ3n) is 14.4. The molecule has 0 heterocycles. The minimum absolute atomic E-state index is 0.00354. The monoisotopic (exact) mass is 984 g/mol. The van der Waals surface area contributed by atoms with Crippen molar-refractivity contribution in [2.75, 3.05) is 13.2 Å². The number of carbonyl (C=O) groups excluding carboxylic acids is 2. The van der Waals surface area contributed by atoms with Crippen LogP contribution in [0.3, 0.4) is 0 Å². The lowest BCUT2D eigenvalue weighted by Crippen LogP contribution is -2.45. The van der Waals surface area contributed by atoms with Gasteiger partial charge in [0.2, 0.25) is 5.91 Å². The van der Waals surface area contributed by atoms with Crippen molar-refractivity contribution in [3.05, 3.63) is 36.5 Å². The number of unbranched alkanes of at least 4 members (excludes halogenated alkanes) is 43. The molecule has 6 nitrogen and oxygen atoms in total. The molecule has 0 spiro atoms. The molecule has 0 radical (unpaired) electrons. The molecule has 70 heavy (non-hydrogen) atoms. The van der Waals surface area contributed by atoms with Crippen molar-refractivity contribution in [2.24, 2.45) is 0 Å². The summed E-state index contributed by atoms with van der Waals surface area (Å²) in [5.74, 6) is -0.0616.